The molecule has 0 amide bonds. The van der Waals surface area contributed by atoms with E-state index < -0.39 is 5.97 Å². The lowest BCUT2D eigenvalue weighted by Gasteiger charge is -2.06. The summed E-state index contributed by atoms with van der Waals surface area (Å²) in [5.74, 6) is -0.853. The molecule has 0 spiro atoms. The Morgan fingerprint density at radius 3 is 2.80 bits per heavy atom. The standard InChI is InChI=1S/C11H12O4/c1-2-10(11(13)14)15-9-5-3-4-8(6-9)7-12/h2-6,12H,7H2,1H3,(H,13,14)/b10-2-. The highest BCUT2D eigenvalue weighted by atomic mass is 16.5. The minimum absolute atomic E-state index is 0.102. The van der Waals surface area contributed by atoms with Crippen LogP contribution in [0.25, 0.3) is 0 Å². The molecule has 1 aromatic rings. The molecule has 1 aromatic carbocycles. The summed E-state index contributed by atoms with van der Waals surface area (Å²) in [7, 11) is 0. The van der Waals surface area contributed by atoms with E-state index >= 15 is 0 Å². The van der Waals surface area contributed by atoms with Crippen molar-refractivity contribution in [2.24, 2.45) is 0 Å². The average Bonchev–Trinajstić information content (AvgIpc) is 2.25. The summed E-state index contributed by atoms with van der Waals surface area (Å²) in [6.45, 7) is 1.48. The van der Waals surface area contributed by atoms with Crippen molar-refractivity contribution >= 4 is 5.97 Å². The van der Waals surface area contributed by atoms with Gasteiger partial charge >= 0.3 is 5.97 Å². The van der Waals surface area contributed by atoms with Crippen LogP contribution in [-0.2, 0) is 11.4 Å². The SMILES string of the molecule is C/C=C(\Oc1cccc(CO)c1)C(=O)O. The monoisotopic (exact) mass is 208 g/mol. The van der Waals surface area contributed by atoms with E-state index in [2.05, 4.69) is 0 Å². The molecule has 4 nitrogen and oxygen atoms in total. The Morgan fingerprint density at radius 1 is 1.53 bits per heavy atom. The molecule has 0 bridgehead atoms. The Bertz CT molecular complexity index is 382. The quantitative estimate of drug-likeness (QED) is 0.582. The lowest BCUT2D eigenvalue weighted by Crippen LogP contribution is -2.07. The smallest absolute Gasteiger partial charge is 0.371 e. The van der Waals surface area contributed by atoms with Crippen molar-refractivity contribution in [2.75, 3.05) is 0 Å². The molecule has 0 aromatic heterocycles. The van der Waals surface area contributed by atoms with E-state index in [4.69, 9.17) is 14.9 Å². The molecule has 80 valence electrons. The summed E-state index contributed by atoms with van der Waals surface area (Å²) in [5.41, 5.74) is 0.674. The molecule has 1 rings (SSSR count). The highest BCUT2D eigenvalue weighted by Crippen LogP contribution is 2.16. The van der Waals surface area contributed by atoms with Gasteiger partial charge < -0.3 is 14.9 Å². The van der Waals surface area contributed by atoms with Crippen LogP contribution in [-0.4, -0.2) is 16.2 Å². The molecule has 0 radical (unpaired) electrons. The van der Waals surface area contributed by atoms with Gasteiger partial charge in [0.2, 0.25) is 5.76 Å². The summed E-state index contributed by atoms with van der Waals surface area (Å²) < 4.78 is 5.12. The van der Waals surface area contributed by atoms with Crippen molar-refractivity contribution in [3.05, 3.63) is 41.7 Å². The predicted octanol–water partition coefficient (Wildman–Crippen LogP) is 1.55. The topological polar surface area (TPSA) is 66.8 Å². The third kappa shape index (κ3) is 3.11. The summed E-state index contributed by atoms with van der Waals surface area (Å²) in [6.07, 6.45) is 1.37. The molecular formula is C11H12O4. The highest BCUT2D eigenvalue weighted by Gasteiger charge is 2.08. The second kappa shape index (κ2) is 5.17. The first kappa shape index (κ1) is 11.3. The number of ether oxygens (including phenoxy) is 1. The average molecular weight is 208 g/mol. The third-order valence-electron chi connectivity index (χ3n) is 1.78. The molecule has 0 aliphatic rings. The summed E-state index contributed by atoms with van der Waals surface area (Å²) in [5, 5.41) is 17.6. The molecule has 0 aliphatic carbocycles. The van der Waals surface area contributed by atoms with Gasteiger partial charge in [0, 0.05) is 0 Å². The van der Waals surface area contributed by atoms with Gasteiger partial charge in [0.15, 0.2) is 0 Å². The third-order valence-corrected chi connectivity index (χ3v) is 1.78. The number of hydrogen-bond donors (Lipinski definition) is 2. The van der Waals surface area contributed by atoms with Crippen molar-refractivity contribution < 1.29 is 19.7 Å². The van der Waals surface area contributed by atoms with Crippen LogP contribution in [0.5, 0.6) is 5.75 Å². The van der Waals surface area contributed by atoms with E-state index in [1.54, 1.807) is 31.2 Å². The van der Waals surface area contributed by atoms with Gasteiger partial charge in [-0.1, -0.05) is 12.1 Å². The van der Waals surface area contributed by atoms with Crippen molar-refractivity contribution in [1.82, 2.24) is 0 Å². The lowest BCUT2D eigenvalue weighted by molar-refractivity contribution is -0.135. The van der Waals surface area contributed by atoms with Crippen LogP contribution < -0.4 is 4.74 Å². The number of aliphatic carboxylic acids is 1. The van der Waals surface area contributed by atoms with E-state index in [1.165, 1.54) is 6.08 Å². The Hall–Kier alpha value is -1.81. The molecule has 0 saturated carbocycles. The van der Waals surface area contributed by atoms with Gasteiger partial charge in [0.25, 0.3) is 0 Å². The molecule has 0 atom stereocenters. The van der Waals surface area contributed by atoms with Crippen LogP contribution in [0.3, 0.4) is 0 Å². The molecule has 0 unspecified atom stereocenters. The minimum atomic E-state index is -1.12. The van der Waals surface area contributed by atoms with Gasteiger partial charge in [0.1, 0.15) is 5.75 Å². The maximum absolute atomic E-state index is 10.6. The molecule has 0 aliphatic heterocycles. The normalized spacial score (nSPS) is 11.2. The van der Waals surface area contributed by atoms with E-state index in [9.17, 15) is 4.79 Å². The Kier molecular flexibility index (Phi) is 3.88. The summed E-state index contributed by atoms with van der Waals surface area (Å²) in [6, 6.07) is 6.64. The number of aliphatic hydroxyl groups excluding tert-OH is 1. The molecule has 0 fully saturated rings. The highest BCUT2D eigenvalue weighted by molar-refractivity contribution is 5.84. The minimum Gasteiger partial charge on any atom is -0.475 e. The second-order valence-electron chi connectivity index (χ2n) is 2.87. The Labute approximate surface area is 87.4 Å². The fraction of sp³-hybridized carbons (Fsp3) is 0.182. The summed E-state index contributed by atoms with van der Waals surface area (Å²) in [4.78, 5) is 10.6. The van der Waals surface area contributed by atoms with Crippen molar-refractivity contribution in [3.8, 4) is 5.75 Å². The summed E-state index contributed by atoms with van der Waals surface area (Å²) >= 11 is 0. The lowest BCUT2D eigenvalue weighted by atomic mass is 10.2. The number of rotatable bonds is 4. The zero-order valence-electron chi connectivity index (χ0n) is 8.30. The van der Waals surface area contributed by atoms with Gasteiger partial charge in [-0.3, -0.25) is 0 Å². The molecule has 4 heteroatoms. The van der Waals surface area contributed by atoms with Gasteiger partial charge in [-0.15, -0.1) is 0 Å². The molecule has 15 heavy (non-hydrogen) atoms. The molecule has 0 saturated heterocycles. The van der Waals surface area contributed by atoms with Gasteiger partial charge in [-0.05, 0) is 30.7 Å². The first-order valence-corrected chi connectivity index (χ1v) is 4.44. The van der Waals surface area contributed by atoms with Crippen LogP contribution in [0.2, 0.25) is 0 Å². The van der Waals surface area contributed by atoms with Crippen molar-refractivity contribution in [3.63, 3.8) is 0 Å². The Morgan fingerprint density at radius 2 is 2.27 bits per heavy atom. The van der Waals surface area contributed by atoms with Crippen LogP contribution in [0.1, 0.15) is 12.5 Å². The number of carboxylic acids is 1. The fourth-order valence-corrected chi connectivity index (χ4v) is 1.06. The zero-order valence-corrected chi connectivity index (χ0v) is 8.30. The van der Waals surface area contributed by atoms with E-state index in [0.717, 1.165) is 0 Å². The predicted molar refractivity (Wildman–Crippen MR) is 54.4 cm³/mol. The first-order valence-electron chi connectivity index (χ1n) is 4.44. The number of carbonyl (C=O) groups is 1. The maximum Gasteiger partial charge on any atom is 0.371 e. The second-order valence-corrected chi connectivity index (χ2v) is 2.87. The first-order chi connectivity index (χ1) is 7.17. The van der Waals surface area contributed by atoms with Gasteiger partial charge in [-0.25, -0.2) is 4.79 Å². The number of carboxylic acid groups (broad SMARTS) is 1. The number of benzene rings is 1. The van der Waals surface area contributed by atoms with Crippen molar-refractivity contribution in [1.29, 1.82) is 0 Å². The van der Waals surface area contributed by atoms with Crippen LogP contribution in [0.15, 0.2) is 36.1 Å². The van der Waals surface area contributed by atoms with E-state index in [1.807, 2.05) is 0 Å². The van der Waals surface area contributed by atoms with Crippen LogP contribution in [0.4, 0.5) is 0 Å². The molecule has 0 heterocycles. The van der Waals surface area contributed by atoms with Crippen LogP contribution >= 0.6 is 0 Å². The van der Waals surface area contributed by atoms with Crippen molar-refractivity contribution in [2.45, 2.75) is 13.5 Å². The zero-order chi connectivity index (χ0) is 11.3. The maximum atomic E-state index is 10.6. The number of aliphatic hydroxyl groups is 1. The molecular weight excluding hydrogens is 196 g/mol. The fourth-order valence-electron chi connectivity index (χ4n) is 1.06. The number of hydrogen-bond acceptors (Lipinski definition) is 3. The number of allylic oxidation sites excluding steroid dienone is 1. The largest absolute Gasteiger partial charge is 0.475 e. The Balaban J connectivity index is 2.84. The van der Waals surface area contributed by atoms with E-state index in [0.29, 0.717) is 11.3 Å². The van der Waals surface area contributed by atoms with Crippen LogP contribution in [0, 0.1) is 0 Å². The van der Waals surface area contributed by atoms with Gasteiger partial charge in [-0.2, -0.15) is 0 Å². The molecule has 2 N–H and O–H groups in total. The van der Waals surface area contributed by atoms with Gasteiger partial charge in [0.05, 0.1) is 6.61 Å². The van der Waals surface area contributed by atoms with E-state index in [-0.39, 0.29) is 12.4 Å².